The molecule has 116 valence electrons. The maximum absolute atomic E-state index is 12.1. The second kappa shape index (κ2) is 5.83. The van der Waals surface area contributed by atoms with Gasteiger partial charge in [0.25, 0.3) is 0 Å². The van der Waals surface area contributed by atoms with Crippen LogP contribution in [0.1, 0.15) is 28.3 Å². The standard InChI is InChI=1S/C17H14ClN3OS/c18-14-5-2-1-4-11(14)10-21-17-13(9-19-21)12(8-16(22)20-17)15-6-3-7-23-15/h1-7,9,12H,8,10H2,(H,20,22)/t12-/m1/s1. The van der Waals surface area contributed by atoms with Crippen LogP contribution < -0.4 is 5.32 Å². The van der Waals surface area contributed by atoms with Crippen molar-refractivity contribution in [2.24, 2.45) is 0 Å². The van der Waals surface area contributed by atoms with Gasteiger partial charge in [0.05, 0.1) is 12.7 Å². The lowest BCUT2D eigenvalue weighted by molar-refractivity contribution is -0.116. The van der Waals surface area contributed by atoms with Gasteiger partial charge in [-0.25, -0.2) is 4.68 Å². The van der Waals surface area contributed by atoms with Gasteiger partial charge >= 0.3 is 0 Å². The van der Waals surface area contributed by atoms with E-state index in [1.54, 1.807) is 11.3 Å². The van der Waals surface area contributed by atoms with Crippen LogP contribution in [-0.2, 0) is 11.3 Å². The fourth-order valence-electron chi connectivity index (χ4n) is 2.92. The molecule has 0 saturated heterocycles. The first-order chi connectivity index (χ1) is 11.2. The molecule has 0 aliphatic carbocycles. The third kappa shape index (κ3) is 2.66. The molecule has 1 N–H and O–H groups in total. The van der Waals surface area contributed by atoms with Gasteiger partial charge in [-0.15, -0.1) is 11.3 Å². The molecular formula is C17H14ClN3OS. The molecule has 0 spiro atoms. The first kappa shape index (κ1) is 14.5. The molecule has 0 fully saturated rings. The van der Waals surface area contributed by atoms with Crippen LogP contribution in [0.15, 0.2) is 48.0 Å². The van der Waals surface area contributed by atoms with Gasteiger partial charge in [-0.2, -0.15) is 5.10 Å². The summed E-state index contributed by atoms with van der Waals surface area (Å²) < 4.78 is 1.81. The van der Waals surface area contributed by atoms with E-state index in [2.05, 4.69) is 16.5 Å². The fraction of sp³-hybridized carbons (Fsp3) is 0.176. The topological polar surface area (TPSA) is 46.9 Å². The summed E-state index contributed by atoms with van der Waals surface area (Å²) in [6, 6.07) is 11.8. The Morgan fingerprint density at radius 3 is 2.96 bits per heavy atom. The Morgan fingerprint density at radius 2 is 2.17 bits per heavy atom. The maximum Gasteiger partial charge on any atom is 0.226 e. The number of nitrogens with zero attached hydrogens (tertiary/aromatic N) is 2. The number of aromatic nitrogens is 2. The molecule has 0 saturated carbocycles. The van der Waals surface area contributed by atoms with Crippen LogP contribution in [0.2, 0.25) is 5.02 Å². The largest absolute Gasteiger partial charge is 0.311 e. The molecule has 1 amide bonds. The summed E-state index contributed by atoms with van der Waals surface area (Å²) in [5, 5.41) is 10.2. The summed E-state index contributed by atoms with van der Waals surface area (Å²) in [6.45, 7) is 0.534. The number of thiophene rings is 1. The average molecular weight is 344 g/mol. The normalized spacial score (nSPS) is 16.9. The van der Waals surface area contributed by atoms with E-state index in [9.17, 15) is 4.79 Å². The zero-order valence-electron chi connectivity index (χ0n) is 12.2. The van der Waals surface area contributed by atoms with Gasteiger partial charge in [-0.1, -0.05) is 35.9 Å². The van der Waals surface area contributed by atoms with Gasteiger partial charge in [0.2, 0.25) is 5.91 Å². The van der Waals surface area contributed by atoms with E-state index in [0.717, 1.165) is 16.9 Å². The van der Waals surface area contributed by atoms with Crippen molar-refractivity contribution in [1.29, 1.82) is 0 Å². The predicted molar refractivity (Wildman–Crippen MR) is 92.2 cm³/mol. The minimum absolute atomic E-state index is 0.0248. The number of amides is 1. The molecule has 4 rings (SSSR count). The van der Waals surface area contributed by atoms with E-state index in [0.29, 0.717) is 18.0 Å². The fourth-order valence-corrected chi connectivity index (χ4v) is 3.96. The number of fused-ring (bicyclic) bond motifs is 1. The van der Waals surface area contributed by atoms with Crippen LogP contribution >= 0.6 is 22.9 Å². The highest BCUT2D eigenvalue weighted by atomic mass is 35.5. The molecule has 3 aromatic rings. The van der Waals surface area contributed by atoms with Crippen molar-refractivity contribution in [2.75, 3.05) is 5.32 Å². The number of carbonyl (C=O) groups excluding carboxylic acids is 1. The summed E-state index contributed by atoms with van der Waals surface area (Å²) in [4.78, 5) is 13.3. The van der Waals surface area contributed by atoms with E-state index in [-0.39, 0.29) is 11.8 Å². The monoisotopic (exact) mass is 343 g/mol. The molecule has 4 nitrogen and oxygen atoms in total. The zero-order chi connectivity index (χ0) is 15.8. The van der Waals surface area contributed by atoms with E-state index < -0.39 is 0 Å². The molecule has 0 unspecified atom stereocenters. The summed E-state index contributed by atoms with van der Waals surface area (Å²) in [5.41, 5.74) is 2.05. The van der Waals surface area contributed by atoms with Gasteiger partial charge in [0.15, 0.2) is 0 Å². The second-order valence-corrected chi connectivity index (χ2v) is 6.90. The number of hydrogen-bond donors (Lipinski definition) is 1. The number of rotatable bonds is 3. The zero-order valence-corrected chi connectivity index (χ0v) is 13.8. The maximum atomic E-state index is 12.1. The number of hydrogen-bond acceptors (Lipinski definition) is 3. The smallest absolute Gasteiger partial charge is 0.226 e. The van der Waals surface area contributed by atoms with Crippen molar-refractivity contribution in [3.63, 3.8) is 0 Å². The highest BCUT2D eigenvalue weighted by molar-refractivity contribution is 7.10. The second-order valence-electron chi connectivity index (χ2n) is 5.52. The van der Waals surface area contributed by atoms with Crippen LogP contribution in [0.3, 0.4) is 0 Å². The van der Waals surface area contributed by atoms with E-state index in [4.69, 9.17) is 11.6 Å². The Balaban J connectivity index is 1.72. The van der Waals surface area contributed by atoms with Crippen LogP contribution in [0.25, 0.3) is 0 Å². The highest BCUT2D eigenvalue weighted by Gasteiger charge is 2.30. The lowest BCUT2D eigenvalue weighted by atomic mass is 9.93. The molecule has 1 aromatic carbocycles. The number of carbonyl (C=O) groups is 1. The molecule has 3 heterocycles. The minimum Gasteiger partial charge on any atom is -0.311 e. The number of nitrogens with one attached hydrogen (secondary N) is 1. The van der Waals surface area contributed by atoms with Crippen molar-refractivity contribution in [3.05, 3.63) is 69.0 Å². The lowest BCUT2D eigenvalue weighted by Crippen LogP contribution is -2.24. The Morgan fingerprint density at radius 1 is 1.30 bits per heavy atom. The predicted octanol–water partition coefficient (Wildman–Crippen LogP) is 4.12. The summed E-state index contributed by atoms with van der Waals surface area (Å²) >= 11 is 7.91. The molecule has 1 atom stereocenters. The minimum atomic E-state index is 0.0248. The van der Waals surface area contributed by atoms with Gasteiger partial charge in [0.1, 0.15) is 5.82 Å². The molecule has 0 bridgehead atoms. The van der Waals surface area contributed by atoms with Crippen LogP contribution in [-0.4, -0.2) is 15.7 Å². The van der Waals surface area contributed by atoms with Crippen molar-refractivity contribution in [3.8, 4) is 0 Å². The Kier molecular flexibility index (Phi) is 3.67. The highest BCUT2D eigenvalue weighted by Crippen LogP contribution is 2.39. The van der Waals surface area contributed by atoms with Crippen molar-refractivity contribution in [2.45, 2.75) is 18.9 Å². The van der Waals surface area contributed by atoms with Crippen LogP contribution in [0, 0.1) is 0 Å². The lowest BCUT2D eigenvalue weighted by Gasteiger charge is -2.22. The van der Waals surface area contributed by atoms with Crippen LogP contribution in [0.4, 0.5) is 5.82 Å². The van der Waals surface area contributed by atoms with E-state index >= 15 is 0 Å². The summed E-state index contributed by atoms with van der Waals surface area (Å²) in [7, 11) is 0. The summed E-state index contributed by atoms with van der Waals surface area (Å²) in [5.74, 6) is 0.884. The van der Waals surface area contributed by atoms with E-state index in [1.165, 1.54) is 4.88 Å². The third-order valence-corrected chi connectivity index (χ3v) is 5.41. The summed E-state index contributed by atoms with van der Waals surface area (Å²) in [6.07, 6.45) is 2.32. The number of halogens is 1. The Bertz CT molecular complexity index is 857. The first-order valence-corrected chi connectivity index (χ1v) is 8.60. The molecule has 0 radical (unpaired) electrons. The Hall–Kier alpha value is -2.11. The van der Waals surface area contributed by atoms with Crippen molar-refractivity contribution >= 4 is 34.7 Å². The molecule has 1 aliphatic heterocycles. The van der Waals surface area contributed by atoms with Gasteiger partial charge < -0.3 is 5.32 Å². The van der Waals surface area contributed by atoms with Crippen molar-refractivity contribution < 1.29 is 4.79 Å². The molecule has 23 heavy (non-hydrogen) atoms. The third-order valence-electron chi connectivity index (χ3n) is 4.06. The SMILES string of the molecule is O=C1C[C@@H](c2cccs2)c2cnn(Cc3ccccc3Cl)c2N1. The van der Waals surface area contributed by atoms with Crippen LogP contribution in [0.5, 0.6) is 0 Å². The molecule has 2 aromatic heterocycles. The Labute approximate surface area is 142 Å². The molecular weight excluding hydrogens is 330 g/mol. The average Bonchev–Trinajstić information content (AvgIpc) is 3.19. The quantitative estimate of drug-likeness (QED) is 0.777. The molecule has 1 aliphatic rings. The number of anilines is 1. The van der Waals surface area contributed by atoms with Gasteiger partial charge in [-0.05, 0) is 23.1 Å². The van der Waals surface area contributed by atoms with E-state index in [1.807, 2.05) is 46.6 Å². The molecule has 6 heteroatoms. The van der Waals surface area contributed by atoms with Gasteiger partial charge in [-0.3, -0.25) is 4.79 Å². The first-order valence-electron chi connectivity index (χ1n) is 7.35. The number of benzene rings is 1. The van der Waals surface area contributed by atoms with Gasteiger partial charge in [0, 0.05) is 27.8 Å². The van der Waals surface area contributed by atoms with Crippen molar-refractivity contribution in [1.82, 2.24) is 9.78 Å².